The van der Waals surface area contributed by atoms with E-state index >= 15 is 0 Å². The lowest BCUT2D eigenvalue weighted by molar-refractivity contribution is -0.00810. The lowest BCUT2D eigenvalue weighted by atomic mass is 9.55. The van der Waals surface area contributed by atoms with Crippen molar-refractivity contribution in [3.05, 3.63) is 0 Å². The molecule has 3 fully saturated rings. The van der Waals surface area contributed by atoms with Crippen molar-refractivity contribution in [2.75, 3.05) is 0 Å². The van der Waals surface area contributed by atoms with E-state index in [1.165, 1.54) is 51.4 Å². The summed E-state index contributed by atoms with van der Waals surface area (Å²) in [7, 11) is 0. The second kappa shape index (κ2) is 5.55. The molecule has 3 aliphatic carbocycles. The molecule has 0 spiro atoms. The van der Waals surface area contributed by atoms with Gasteiger partial charge in [-0.1, -0.05) is 58.3 Å². The van der Waals surface area contributed by atoms with Crippen molar-refractivity contribution in [2.24, 2.45) is 23.2 Å². The highest BCUT2D eigenvalue weighted by Gasteiger charge is 2.50. The Labute approximate surface area is 114 Å². The SMILES string of the molecule is CC1CCCC1(C1CCCCC1)C1CCCCC1. The molecule has 1 atom stereocenters. The van der Waals surface area contributed by atoms with E-state index < -0.39 is 0 Å². The maximum Gasteiger partial charge on any atom is -0.0215 e. The fraction of sp³-hybridized carbons (Fsp3) is 1.00. The third kappa shape index (κ3) is 2.14. The minimum absolute atomic E-state index is 0.792. The van der Waals surface area contributed by atoms with Crippen LogP contribution in [-0.4, -0.2) is 0 Å². The molecule has 0 amide bonds. The highest BCUT2D eigenvalue weighted by Crippen LogP contribution is 2.60. The maximum absolute atomic E-state index is 2.61. The van der Waals surface area contributed by atoms with Gasteiger partial charge >= 0.3 is 0 Å². The van der Waals surface area contributed by atoms with Crippen LogP contribution in [0.15, 0.2) is 0 Å². The predicted octanol–water partition coefficient (Wildman–Crippen LogP) is 5.95. The van der Waals surface area contributed by atoms with Crippen LogP contribution in [0.4, 0.5) is 0 Å². The van der Waals surface area contributed by atoms with E-state index in [0.717, 1.165) is 23.2 Å². The maximum atomic E-state index is 2.61. The highest BCUT2D eigenvalue weighted by atomic mass is 14.6. The molecule has 3 rings (SSSR count). The lowest BCUT2D eigenvalue weighted by Gasteiger charge is -2.50. The van der Waals surface area contributed by atoms with Gasteiger partial charge < -0.3 is 0 Å². The summed E-state index contributed by atoms with van der Waals surface area (Å²) < 4.78 is 0. The first kappa shape index (κ1) is 13.0. The zero-order chi connectivity index (χ0) is 12.4. The second-order valence-electron chi connectivity index (χ2n) is 7.58. The Balaban J connectivity index is 1.82. The summed E-state index contributed by atoms with van der Waals surface area (Å²) in [5.74, 6) is 3.24. The smallest absolute Gasteiger partial charge is 0.0215 e. The van der Waals surface area contributed by atoms with Gasteiger partial charge in [0.2, 0.25) is 0 Å². The summed E-state index contributed by atoms with van der Waals surface area (Å²) in [6, 6.07) is 0. The van der Waals surface area contributed by atoms with E-state index in [9.17, 15) is 0 Å². The molecule has 18 heavy (non-hydrogen) atoms. The summed E-state index contributed by atoms with van der Waals surface area (Å²) in [5.41, 5.74) is 0.792. The summed E-state index contributed by atoms with van der Waals surface area (Å²) in [6.07, 6.45) is 20.1. The molecule has 0 saturated heterocycles. The number of hydrogen-bond acceptors (Lipinski definition) is 0. The van der Waals surface area contributed by atoms with Gasteiger partial charge in [-0.15, -0.1) is 0 Å². The zero-order valence-electron chi connectivity index (χ0n) is 12.4. The molecule has 3 saturated carbocycles. The van der Waals surface area contributed by atoms with Crippen LogP contribution in [0.3, 0.4) is 0 Å². The van der Waals surface area contributed by atoms with E-state index in [2.05, 4.69) is 6.92 Å². The summed E-state index contributed by atoms with van der Waals surface area (Å²) in [6.45, 7) is 2.61. The number of hydrogen-bond donors (Lipinski definition) is 0. The molecular formula is C18H32. The van der Waals surface area contributed by atoms with Gasteiger partial charge in [0, 0.05) is 0 Å². The normalized spacial score (nSPS) is 34.8. The van der Waals surface area contributed by atoms with Gasteiger partial charge in [-0.05, 0) is 55.3 Å². The fourth-order valence-electron chi connectivity index (χ4n) is 6.06. The zero-order valence-corrected chi connectivity index (χ0v) is 12.4. The highest BCUT2D eigenvalue weighted by molar-refractivity contribution is 5.00. The van der Waals surface area contributed by atoms with E-state index in [4.69, 9.17) is 0 Å². The van der Waals surface area contributed by atoms with Crippen molar-refractivity contribution >= 4 is 0 Å². The molecule has 0 N–H and O–H groups in total. The van der Waals surface area contributed by atoms with E-state index in [1.807, 2.05) is 0 Å². The average Bonchev–Trinajstić information content (AvgIpc) is 2.84. The quantitative estimate of drug-likeness (QED) is 0.566. The van der Waals surface area contributed by atoms with Crippen molar-refractivity contribution in [1.29, 1.82) is 0 Å². The van der Waals surface area contributed by atoms with Crippen LogP contribution in [0.2, 0.25) is 0 Å². The lowest BCUT2D eigenvalue weighted by Crippen LogP contribution is -2.42. The average molecular weight is 248 g/mol. The molecule has 0 aromatic rings. The Kier molecular flexibility index (Phi) is 4.01. The molecule has 0 radical (unpaired) electrons. The largest absolute Gasteiger partial charge is 0.0620 e. The van der Waals surface area contributed by atoms with Gasteiger partial charge in [-0.3, -0.25) is 0 Å². The molecule has 0 nitrogen and oxygen atoms in total. The van der Waals surface area contributed by atoms with Gasteiger partial charge in [0.05, 0.1) is 0 Å². The summed E-state index contributed by atoms with van der Waals surface area (Å²) in [4.78, 5) is 0. The molecule has 1 unspecified atom stereocenters. The topological polar surface area (TPSA) is 0 Å². The van der Waals surface area contributed by atoms with Crippen LogP contribution in [0.25, 0.3) is 0 Å². The first-order valence-electron chi connectivity index (χ1n) is 8.84. The molecule has 0 aromatic heterocycles. The van der Waals surface area contributed by atoms with Crippen LogP contribution < -0.4 is 0 Å². The fourth-order valence-corrected chi connectivity index (χ4v) is 6.06. The van der Waals surface area contributed by atoms with Crippen LogP contribution in [0, 0.1) is 23.2 Å². The van der Waals surface area contributed by atoms with E-state index in [-0.39, 0.29) is 0 Å². The minimum Gasteiger partial charge on any atom is -0.0620 e. The number of rotatable bonds is 2. The third-order valence-corrected chi connectivity index (χ3v) is 6.89. The van der Waals surface area contributed by atoms with Crippen LogP contribution in [-0.2, 0) is 0 Å². The first-order valence-corrected chi connectivity index (χ1v) is 8.84. The van der Waals surface area contributed by atoms with Gasteiger partial charge in [-0.25, -0.2) is 0 Å². The molecule has 0 aromatic carbocycles. The predicted molar refractivity (Wildman–Crippen MR) is 78.6 cm³/mol. The Hall–Kier alpha value is 0. The first-order chi connectivity index (χ1) is 8.84. The third-order valence-electron chi connectivity index (χ3n) is 6.89. The Morgan fingerprint density at radius 1 is 0.611 bits per heavy atom. The van der Waals surface area contributed by atoms with Crippen molar-refractivity contribution in [3.8, 4) is 0 Å². The van der Waals surface area contributed by atoms with Gasteiger partial charge in [0.15, 0.2) is 0 Å². The summed E-state index contributed by atoms with van der Waals surface area (Å²) >= 11 is 0. The van der Waals surface area contributed by atoms with Crippen molar-refractivity contribution in [1.82, 2.24) is 0 Å². The van der Waals surface area contributed by atoms with E-state index in [0.29, 0.717) is 0 Å². The van der Waals surface area contributed by atoms with Crippen molar-refractivity contribution in [3.63, 3.8) is 0 Å². The Morgan fingerprint density at radius 2 is 1.11 bits per heavy atom. The minimum atomic E-state index is 0.792. The molecule has 3 aliphatic rings. The Bertz CT molecular complexity index is 237. The molecule has 104 valence electrons. The molecule has 0 bridgehead atoms. The summed E-state index contributed by atoms with van der Waals surface area (Å²) in [5, 5.41) is 0. The van der Waals surface area contributed by atoms with Crippen molar-refractivity contribution in [2.45, 2.75) is 90.4 Å². The molecule has 0 heteroatoms. The molecular weight excluding hydrogens is 216 g/mol. The van der Waals surface area contributed by atoms with Gasteiger partial charge in [0.25, 0.3) is 0 Å². The van der Waals surface area contributed by atoms with Gasteiger partial charge in [-0.2, -0.15) is 0 Å². The van der Waals surface area contributed by atoms with Gasteiger partial charge in [0.1, 0.15) is 0 Å². The molecule has 0 aliphatic heterocycles. The van der Waals surface area contributed by atoms with Crippen LogP contribution >= 0.6 is 0 Å². The van der Waals surface area contributed by atoms with E-state index in [1.54, 1.807) is 32.1 Å². The standard InChI is InChI=1S/C18H32/c1-15-9-8-14-18(15,16-10-4-2-5-11-16)17-12-6-3-7-13-17/h15-17H,2-14H2,1H3. The molecule has 0 heterocycles. The second-order valence-corrected chi connectivity index (χ2v) is 7.58. The van der Waals surface area contributed by atoms with Crippen LogP contribution in [0.5, 0.6) is 0 Å². The van der Waals surface area contributed by atoms with Crippen molar-refractivity contribution < 1.29 is 0 Å². The monoisotopic (exact) mass is 248 g/mol. The van der Waals surface area contributed by atoms with Crippen LogP contribution in [0.1, 0.15) is 90.4 Å². The Morgan fingerprint density at radius 3 is 1.50 bits per heavy atom.